The van der Waals surface area contributed by atoms with E-state index in [-0.39, 0.29) is 28.7 Å². The molecule has 0 saturated carbocycles. The smallest absolute Gasteiger partial charge is 0.319 e. The van der Waals surface area contributed by atoms with Gasteiger partial charge < -0.3 is 20.7 Å². The molecule has 2 aromatic heterocycles. The summed E-state index contributed by atoms with van der Waals surface area (Å²) in [5.41, 5.74) is 7.11. The normalized spacial score (nSPS) is 27.1. The van der Waals surface area contributed by atoms with Gasteiger partial charge in [-0.05, 0) is 62.4 Å². The Morgan fingerprint density at radius 1 is 1.19 bits per heavy atom. The topological polar surface area (TPSA) is 79.5 Å². The summed E-state index contributed by atoms with van der Waals surface area (Å²) in [6, 6.07) is 5.26. The van der Waals surface area contributed by atoms with Crippen LogP contribution < -0.4 is 20.7 Å². The van der Waals surface area contributed by atoms with Crippen LogP contribution in [0.3, 0.4) is 0 Å². The quantitative estimate of drug-likeness (QED) is 0.271. The van der Waals surface area contributed by atoms with Gasteiger partial charge in [0, 0.05) is 54.5 Å². The van der Waals surface area contributed by atoms with Crippen LogP contribution in [0.25, 0.3) is 32.1 Å². The third kappa shape index (κ3) is 4.37. The van der Waals surface area contributed by atoms with Crippen molar-refractivity contribution in [2.75, 3.05) is 43.4 Å². The van der Waals surface area contributed by atoms with E-state index in [1.165, 1.54) is 6.07 Å². The Balaban J connectivity index is 1.28. The molecule has 0 radical (unpaired) electrons. The van der Waals surface area contributed by atoms with Gasteiger partial charge in [-0.25, -0.2) is 13.2 Å². The largest absolute Gasteiger partial charge is 0.461 e. The molecule has 4 aromatic rings. The Labute approximate surface area is 256 Å². The number of benzene rings is 2. The highest BCUT2D eigenvalue weighted by Crippen LogP contribution is 2.46. The number of nitrogen functional groups attached to an aromatic ring is 1. The number of alkyl halides is 1. The Hall–Kier alpha value is -2.86. The lowest BCUT2D eigenvalue weighted by Gasteiger charge is -2.34. The number of nitrogens with zero attached hydrogens (tertiary/aromatic N) is 4. The lowest BCUT2D eigenvalue weighted by atomic mass is 9.95. The van der Waals surface area contributed by atoms with Crippen molar-refractivity contribution in [3.8, 4) is 17.1 Å². The molecular weight excluding hydrogens is 597 g/mol. The van der Waals surface area contributed by atoms with E-state index in [0.29, 0.717) is 62.5 Å². The van der Waals surface area contributed by atoms with Gasteiger partial charge >= 0.3 is 6.01 Å². The zero-order valence-electron chi connectivity index (χ0n) is 23.7. The summed E-state index contributed by atoms with van der Waals surface area (Å²) >= 11 is 8.00. The van der Waals surface area contributed by atoms with Crippen LogP contribution in [0.5, 0.6) is 6.01 Å². The predicted octanol–water partition coefficient (Wildman–Crippen LogP) is 6.23. The third-order valence-corrected chi connectivity index (χ3v) is 11.4. The maximum atomic E-state index is 16.8. The Bertz CT molecular complexity index is 1770. The summed E-state index contributed by atoms with van der Waals surface area (Å²) in [5, 5.41) is 5.30. The molecule has 8 rings (SSSR count). The van der Waals surface area contributed by atoms with E-state index in [9.17, 15) is 8.78 Å². The average Bonchev–Trinajstić information content (AvgIpc) is 3.70. The molecule has 7 nitrogen and oxygen atoms in total. The maximum Gasteiger partial charge on any atom is 0.319 e. The molecule has 2 aromatic carbocycles. The molecule has 6 heterocycles. The molecule has 4 aliphatic rings. The Kier molecular flexibility index (Phi) is 6.49. The van der Waals surface area contributed by atoms with Crippen LogP contribution in [-0.4, -0.2) is 71.4 Å². The molecule has 43 heavy (non-hydrogen) atoms. The molecule has 0 aliphatic carbocycles. The number of hydrogen-bond acceptors (Lipinski definition) is 8. The third-order valence-electron chi connectivity index (χ3n) is 9.92. The van der Waals surface area contributed by atoms with E-state index >= 15 is 4.39 Å². The standard InChI is InChI=1S/C31H32ClF3N6OS/c1-15-23-19(5-6-22(34)27(23)43-28(15)36)24-21(32)9-20-26(25(24)35)38-30(39-29(20)40-12-17-3-4-18(13-40)37-17)42-14-31-7-2-8-41(31)11-16(33)10-31/h5-6,9,16-18,37H,2-4,7-8,10-14,36H2,1H3/t16-,17-,18+,31+/m1/s1. The number of halogens is 4. The van der Waals surface area contributed by atoms with E-state index < -0.39 is 23.3 Å². The van der Waals surface area contributed by atoms with Gasteiger partial charge in [-0.1, -0.05) is 17.7 Å². The first-order valence-corrected chi connectivity index (χ1v) is 16.1. The van der Waals surface area contributed by atoms with Gasteiger partial charge in [-0.15, -0.1) is 11.3 Å². The van der Waals surface area contributed by atoms with Gasteiger partial charge in [-0.2, -0.15) is 9.97 Å². The van der Waals surface area contributed by atoms with Crippen molar-refractivity contribution in [1.29, 1.82) is 0 Å². The van der Waals surface area contributed by atoms with Gasteiger partial charge in [0.05, 0.1) is 20.3 Å². The molecule has 0 unspecified atom stereocenters. The molecular formula is C31H32ClF3N6OS. The molecule has 226 valence electrons. The van der Waals surface area contributed by atoms with Crippen LogP contribution in [0.2, 0.25) is 5.02 Å². The number of fused-ring (bicyclic) bond motifs is 5. The van der Waals surface area contributed by atoms with Crippen LogP contribution in [0, 0.1) is 18.6 Å². The van der Waals surface area contributed by atoms with Crippen molar-refractivity contribution in [2.45, 2.75) is 62.8 Å². The van der Waals surface area contributed by atoms with Crippen molar-refractivity contribution >= 4 is 54.7 Å². The number of nitrogens with one attached hydrogen (secondary N) is 1. The first-order valence-electron chi connectivity index (χ1n) is 14.9. The fraction of sp³-hybridized carbons (Fsp3) is 0.484. The van der Waals surface area contributed by atoms with Crippen molar-refractivity contribution in [3.63, 3.8) is 0 Å². The number of aryl methyl sites for hydroxylation is 1. The minimum Gasteiger partial charge on any atom is -0.461 e. The predicted molar refractivity (Wildman–Crippen MR) is 165 cm³/mol. The monoisotopic (exact) mass is 628 g/mol. The number of ether oxygens (including phenoxy) is 1. The zero-order valence-corrected chi connectivity index (χ0v) is 25.3. The fourth-order valence-electron chi connectivity index (χ4n) is 7.88. The number of piperazine rings is 1. The molecule has 4 saturated heterocycles. The van der Waals surface area contributed by atoms with E-state index in [0.717, 1.165) is 56.7 Å². The molecule has 3 N–H and O–H groups in total. The Morgan fingerprint density at radius 2 is 1.98 bits per heavy atom. The molecule has 2 bridgehead atoms. The molecule has 12 heteroatoms. The maximum absolute atomic E-state index is 16.8. The van der Waals surface area contributed by atoms with Gasteiger partial charge in [0.1, 0.15) is 29.9 Å². The van der Waals surface area contributed by atoms with Crippen molar-refractivity contribution in [2.24, 2.45) is 0 Å². The highest BCUT2D eigenvalue weighted by atomic mass is 35.5. The number of rotatable bonds is 5. The minimum atomic E-state index is -0.891. The fourth-order valence-corrected chi connectivity index (χ4v) is 9.18. The van der Waals surface area contributed by atoms with Gasteiger partial charge in [-0.3, -0.25) is 4.90 Å². The first-order chi connectivity index (χ1) is 20.7. The lowest BCUT2D eigenvalue weighted by molar-refractivity contribution is 0.107. The first kappa shape index (κ1) is 27.7. The number of nitrogens with two attached hydrogens (primary N) is 1. The van der Waals surface area contributed by atoms with Crippen LogP contribution in [0.4, 0.5) is 24.0 Å². The number of aromatic nitrogens is 2. The summed E-state index contributed by atoms with van der Waals surface area (Å²) in [6.07, 6.45) is 3.48. The second-order valence-electron chi connectivity index (χ2n) is 12.6. The molecule has 4 aliphatic heterocycles. The van der Waals surface area contributed by atoms with Gasteiger partial charge in [0.2, 0.25) is 0 Å². The summed E-state index contributed by atoms with van der Waals surface area (Å²) in [6.45, 7) is 4.72. The zero-order chi connectivity index (χ0) is 29.6. The summed E-state index contributed by atoms with van der Waals surface area (Å²) in [5.74, 6) is -0.477. The van der Waals surface area contributed by atoms with Crippen LogP contribution in [0.1, 0.15) is 37.7 Å². The molecule has 4 atom stereocenters. The summed E-state index contributed by atoms with van der Waals surface area (Å²) in [7, 11) is 0. The average molecular weight is 629 g/mol. The SMILES string of the molecule is Cc1c(N)sc2c(F)ccc(-c3c(Cl)cc4c(N5C[C@H]6CC[C@@H](C5)N6)nc(OC[C@@]56CCCN5C[C@H](F)C6)nc4c3F)c12. The van der Waals surface area contributed by atoms with E-state index in [1.807, 2.05) is 0 Å². The van der Waals surface area contributed by atoms with Crippen molar-refractivity contribution < 1.29 is 17.9 Å². The molecule has 0 spiro atoms. The van der Waals surface area contributed by atoms with E-state index in [1.54, 1.807) is 19.1 Å². The number of thiophene rings is 1. The molecule has 4 fully saturated rings. The number of hydrogen-bond donors (Lipinski definition) is 2. The van der Waals surface area contributed by atoms with E-state index in [4.69, 9.17) is 27.1 Å². The minimum absolute atomic E-state index is 0.0595. The summed E-state index contributed by atoms with van der Waals surface area (Å²) < 4.78 is 52.7. The van der Waals surface area contributed by atoms with Crippen LogP contribution >= 0.6 is 22.9 Å². The van der Waals surface area contributed by atoms with Crippen LogP contribution in [0.15, 0.2) is 18.2 Å². The van der Waals surface area contributed by atoms with Gasteiger partial charge in [0.15, 0.2) is 5.82 Å². The second kappa shape index (κ2) is 10.1. The van der Waals surface area contributed by atoms with Crippen molar-refractivity contribution in [1.82, 2.24) is 20.2 Å². The highest BCUT2D eigenvalue weighted by molar-refractivity contribution is 7.23. The lowest BCUT2D eigenvalue weighted by Crippen LogP contribution is -2.51. The number of anilines is 2. The van der Waals surface area contributed by atoms with Crippen molar-refractivity contribution in [3.05, 3.63) is 40.4 Å². The Morgan fingerprint density at radius 3 is 2.77 bits per heavy atom. The highest BCUT2D eigenvalue weighted by Gasteiger charge is 2.49. The second-order valence-corrected chi connectivity index (χ2v) is 14.0. The summed E-state index contributed by atoms with van der Waals surface area (Å²) in [4.78, 5) is 13.8. The molecule has 0 amide bonds. The van der Waals surface area contributed by atoms with Crippen LogP contribution in [-0.2, 0) is 0 Å². The van der Waals surface area contributed by atoms with Gasteiger partial charge in [0.25, 0.3) is 0 Å². The van der Waals surface area contributed by atoms with E-state index in [2.05, 4.69) is 20.1 Å².